The second-order valence-electron chi connectivity index (χ2n) is 20.3. The minimum absolute atomic E-state index is 0.178. The molecule has 13 rings (SSSR count). The maximum absolute atomic E-state index is 5.26. The van der Waals surface area contributed by atoms with Crippen molar-refractivity contribution >= 4 is 83.0 Å². The Bertz CT molecular complexity index is 3860. The molecule has 0 amide bonds. The predicted octanol–water partition coefficient (Wildman–Crippen LogP) is 15.2. The highest BCUT2D eigenvalue weighted by Gasteiger charge is 2.44. The highest BCUT2D eigenvalue weighted by atomic mass is 32.1. The van der Waals surface area contributed by atoms with Gasteiger partial charge in [-0.1, -0.05) is 148 Å². The Balaban J connectivity index is 1.18. The number of aryl methyl sites for hydroxylation is 3. The van der Waals surface area contributed by atoms with Crippen LogP contribution < -0.4 is 14.3 Å². The van der Waals surface area contributed by atoms with Crippen LogP contribution in [-0.4, -0.2) is 12.6 Å². The quantitative estimate of drug-likeness (QED) is 0.0952. The highest BCUT2D eigenvalue weighted by molar-refractivity contribution is 7.26. The first-order chi connectivity index (χ1) is 32.6. The Morgan fingerprint density at radius 2 is 1.39 bits per heavy atom. The molecule has 0 aliphatic carbocycles. The first-order valence-electron chi connectivity index (χ1n) is 24.0. The number of aromatic nitrogens is 3. The van der Waals surface area contributed by atoms with Crippen LogP contribution in [0.2, 0.25) is 19.6 Å². The van der Waals surface area contributed by atoms with Gasteiger partial charge in [0.15, 0.2) is 23.3 Å². The lowest BCUT2D eigenvalue weighted by atomic mass is 9.77. The summed E-state index contributed by atoms with van der Waals surface area (Å²) in [6, 6.07) is 62.3. The van der Waals surface area contributed by atoms with Crippen molar-refractivity contribution in [3.8, 4) is 39.5 Å². The second-order valence-corrected chi connectivity index (χ2v) is 26.4. The molecule has 0 spiro atoms. The van der Waals surface area contributed by atoms with Gasteiger partial charge in [-0.3, -0.25) is 0 Å². The van der Waals surface area contributed by atoms with E-state index in [0.717, 1.165) is 25.0 Å². The summed E-state index contributed by atoms with van der Waals surface area (Å²) in [6.45, 7) is 17.3. The number of hydrogen-bond acceptors (Lipinski definition) is 1. The van der Waals surface area contributed by atoms with Gasteiger partial charge in [0.2, 0.25) is 5.69 Å². The molecule has 2 aliphatic heterocycles. The number of rotatable bonds is 3. The van der Waals surface area contributed by atoms with Crippen molar-refractivity contribution in [1.82, 2.24) is 4.57 Å². The molecule has 11 aromatic rings. The monoisotopic (exact) mass is 899 g/mol. The summed E-state index contributed by atoms with van der Waals surface area (Å²) in [4.78, 5) is 0. The number of fused-ring (bicyclic) bond motifs is 18. The Hall–Kier alpha value is -6.92. The smallest absolute Gasteiger partial charge is 0.195 e. The summed E-state index contributed by atoms with van der Waals surface area (Å²) in [5.41, 5.74) is 16.6. The van der Waals surface area contributed by atoms with Crippen LogP contribution in [0.3, 0.4) is 0 Å². The summed E-state index contributed by atoms with van der Waals surface area (Å²) in [5.74, 6) is 1.49. The van der Waals surface area contributed by atoms with Gasteiger partial charge in [0, 0.05) is 38.2 Å². The third-order valence-electron chi connectivity index (χ3n) is 15.2. The zero-order chi connectivity index (χ0) is 45.3. The number of pyridine rings is 1. The van der Waals surface area contributed by atoms with Gasteiger partial charge in [-0.15, -0.1) is 11.3 Å². The Kier molecular flexibility index (Phi) is 9.06. The van der Waals surface area contributed by atoms with E-state index in [1.165, 1.54) is 120 Å². The van der Waals surface area contributed by atoms with Gasteiger partial charge in [0.05, 0.1) is 24.8 Å². The molecule has 0 saturated heterocycles. The van der Waals surface area contributed by atoms with Crippen LogP contribution in [0.15, 0.2) is 177 Å². The lowest BCUT2D eigenvalue weighted by Crippen LogP contribution is -2.53. The minimum Gasteiger partial charge on any atom is -0.195 e. The Labute approximate surface area is 397 Å². The fourth-order valence-electron chi connectivity index (χ4n) is 12.0. The van der Waals surface area contributed by atoms with Crippen LogP contribution in [0.1, 0.15) is 47.1 Å². The predicted molar refractivity (Wildman–Crippen MR) is 287 cm³/mol. The third kappa shape index (κ3) is 6.21. The fraction of sp³-hybridized carbons (Fsp3) is 0.161. The normalized spacial score (nSPS) is 16.0. The summed E-state index contributed by atoms with van der Waals surface area (Å²) < 4.78 is 10.6. The Morgan fingerprint density at radius 1 is 0.657 bits per heavy atom. The van der Waals surface area contributed by atoms with Gasteiger partial charge in [-0.25, -0.2) is 0 Å². The van der Waals surface area contributed by atoms with Gasteiger partial charge < -0.3 is 0 Å². The van der Waals surface area contributed by atoms with E-state index in [4.69, 9.17) is 6.58 Å². The summed E-state index contributed by atoms with van der Waals surface area (Å²) in [5, 5.41) is 9.15. The van der Waals surface area contributed by atoms with Gasteiger partial charge in [0.1, 0.15) is 11.4 Å². The average molecular weight is 900 g/mol. The van der Waals surface area contributed by atoms with Crippen molar-refractivity contribution in [2.24, 2.45) is 0 Å². The molecule has 67 heavy (non-hydrogen) atoms. The molecule has 2 unspecified atom stereocenters. The number of nitrogens with zero attached hydrogens (tertiary/aromatic N) is 3. The van der Waals surface area contributed by atoms with E-state index in [1.807, 2.05) is 11.3 Å². The van der Waals surface area contributed by atoms with Gasteiger partial charge in [-0.05, 0) is 118 Å². The van der Waals surface area contributed by atoms with Crippen molar-refractivity contribution < 1.29 is 9.13 Å². The molecule has 2 aliphatic rings. The van der Waals surface area contributed by atoms with Crippen LogP contribution in [0.25, 0.3) is 97.9 Å². The van der Waals surface area contributed by atoms with Crippen molar-refractivity contribution in [3.05, 3.63) is 199 Å². The molecule has 3 nitrogen and oxygen atoms in total. The molecule has 0 saturated carbocycles. The molecular formula is C62H53N3SSi+2. The van der Waals surface area contributed by atoms with Crippen LogP contribution in [-0.2, 0) is 6.42 Å². The summed E-state index contributed by atoms with van der Waals surface area (Å²) >= 11 is 1.95. The number of allylic oxidation sites excluding steroid dienone is 1. The van der Waals surface area contributed by atoms with Gasteiger partial charge in [-0.2, -0.15) is 13.7 Å². The zero-order valence-electron chi connectivity index (χ0n) is 38.9. The molecule has 0 fully saturated rings. The number of imidazole rings is 1. The minimum atomic E-state index is -1.65. The zero-order valence-corrected chi connectivity index (χ0v) is 40.7. The van der Waals surface area contributed by atoms with Crippen molar-refractivity contribution in [3.63, 3.8) is 0 Å². The van der Waals surface area contributed by atoms with E-state index in [2.05, 4.69) is 217 Å². The highest BCUT2D eigenvalue weighted by Crippen LogP contribution is 2.49. The third-order valence-corrected chi connectivity index (χ3v) is 18.4. The maximum Gasteiger partial charge on any atom is 0.301 e. The first kappa shape index (κ1) is 40.4. The Morgan fingerprint density at radius 3 is 2.21 bits per heavy atom. The molecule has 324 valence electrons. The summed E-state index contributed by atoms with van der Waals surface area (Å²) in [6.07, 6.45) is 5.32. The van der Waals surface area contributed by atoms with Crippen LogP contribution in [0.4, 0.5) is 0 Å². The molecule has 0 N–H and O–H groups in total. The van der Waals surface area contributed by atoms with E-state index in [9.17, 15) is 0 Å². The van der Waals surface area contributed by atoms with Gasteiger partial charge >= 0.3 is 5.82 Å². The van der Waals surface area contributed by atoms with Crippen molar-refractivity contribution in [2.45, 2.75) is 64.7 Å². The van der Waals surface area contributed by atoms with E-state index in [0.29, 0.717) is 5.92 Å². The molecule has 8 aromatic carbocycles. The first-order valence-corrected chi connectivity index (χ1v) is 28.3. The number of hydrogen-bond donors (Lipinski definition) is 0. The SMILES string of the molecule is C=C1CC2C(CCc3ccc4c(sc5ccccc54)c3-c3n(-c4c(C)cc(-c5ccccc5)cc4C)c4cc5ccc6ccccc6c5cc4[n+]31)c1ccccc1-c1ccc([Si](C)(C)C)c[n+]12. The topological polar surface area (TPSA) is 12.7 Å². The lowest BCUT2D eigenvalue weighted by Gasteiger charge is -2.32. The van der Waals surface area contributed by atoms with Crippen LogP contribution >= 0.6 is 11.3 Å². The number of benzene rings is 8. The molecule has 5 heterocycles. The molecular weight excluding hydrogens is 847 g/mol. The molecule has 0 radical (unpaired) electrons. The average Bonchev–Trinajstić information content (AvgIpc) is 3.88. The van der Waals surface area contributed by atoms with Crippen LogP contribution in [0, 0.1) is 13.8 Å². The maximum atomic E-state index is 5.26. The molecule has 5 heteroatoms. The summed E-state index contributed by atoms with van der Waals surface area (Å²) in [7, 11) is -1.65. The van der Waals surface area contributed by atoms with Crippen molar-refractivity contribution in [2.75, 3.05) is 0 Å². The molecule has 0 bridgehead atoms. The lowest BCUT2D eigenvalue weighted by molar-refractivity contribution is -0.719. The second kappa shape index (κ2) is 15.0. The van der Waals surface area contributed by atoms with Crippen molar-refractivity contribution in [1.29, 1.82) is 0 Å². The largest absolute Gasteiger partial charge is 0.301 e. The van der Waals surface area contributed by atoms with E-state index in [-0.39, 0.29) is 6.04 Å². The standard InChI is InChI=1S/C62H53N3SSi/c1-38-32-45(41-16-8-7-9-17-41)33-39(2)60(38)65-56-35-44-25-24-42-18-10-11-19-47(42)53(44)36-57(56)64-40(3)34-55-50(48-20-12-13-21-49(48)54-31-28-46(37-63(54)55)67(4,5)6)29-26-43-27-30-52-51-22-14-15-23-58(51)66-61(52)59(43)62(64)65/h7-25,27-28,30-33,35-37,50,55H,3,26,29,34H2,1-2,4-6H3/q+2. The van der Waals surface area contributed by atoms with E-state index >= 15 is 0 Å². The van der Waals surface area contributed by atoms with Crippen LogP contribution in [0.5, 0.6) is 0 Å². The molecule has 2 atom stereocenters. The fourth-order valence-corrected chi connectivity index (χ4v) is 14.4. The number of thiophene rings is 1. The molecule has 3 aromatic heterocycles. The van der Waals surface area contributed by atoms with E-state index in [1.54, 1.807) is 0 Å². The van der Waals surface area contributed by atoms with E-state index < -0.39 is 8.07 Å². The van der Waals surface area contributed by atoms with Gasteiger partial charge in [0.25, 0.3) is 0 Å².